The zero-order valence-electron chi connectivity index (χ0n) is 14.6. The Bertz CT molecular complexity index is 849. The van der Waals surface area contributed by atoms with Gasteiger partial charge < -0.3 is 9.80 Å². The van der Waals surface area contributed by atoms with Gasteiger partial charge in [0.25, 0.3) is 0 Å². The molecule has 1 aromatic carbocycles. The van der Waals surface area contributed by atoms with Gasteiger partial charge in [-0.05, 0) is 25.1 Å². The number of hydrogen-bond donors (Lipinski definition) is 0. The summed E-state index contributed by atoms with van der Waals surface area (Å²) in [6.07, 6.45) is 5.18. The molecular weight excluding hydrogens is 362 g/mol. The molecule has 1 saturated heterocycles. The molecule has 1 fully saturated rings. The maximum atomic E-state index is 14.0. The monoisotopic (exact) mass is 379 g/mol. The quantitative estimate of drug-likeness (QED) is 0.355. The summed E-state index contributed by atoms with van der Waals surface area (Å²) in [6.45, 7) is 3.04. The second-order valence-corrected chi connectivity index (χ2v) is 6.15. The first kappa shape index (κ1) is 18.9. The van der Waals surface area contributed by atoms with Gasteiger partial charge in [-0.2, -0.15) is 0 Å². The van der Waals surface area contributed by atoms with Gasteiger partial charge in [0.2, 0.25) is 5.91 Å². The van der Waals surface area contributed by atoms with Crippen molar-refractivity contribution in [1.29, 1.82) is 0 Å². The van der Waals surface area contributed by atoms with E-state index >= 15 is 0 Å². The number of pyridine rings is 1. The van der Waals surface area contributed by atoms with E-state index in [0.717, 1.165) is 24.8 Å². The van der Waals surface area contributed by atoms with Crippen LogP contribution >= 0.6 is 0 Å². The maximum absolute atomic E-state index is 14.0. The molecule has 1 aliphatic heterocycles. The minimum atomic E-state index is -1.76. The van der Waals surface area contributed by atoms with E-state index in [0.29, 0.717) is 26.2 Å². The number of benzene rings is 1. The van der Waals surface area contributed by atoms with Crippen LogP contribution < -0.4 is 4.90 Å². The molecule has 0 saturated carbocycles. The van der Waals surface area contributed by atoms with E-state index in [-0.39, 0.29) is 0 Å². The van der Waals surface area contributed by atoms with Crippen molar-refractivity contribution in [1.82, 2.24) is 9.88 Å². The Kier molecular flexibility index (Phi) is 5.43. The molecule has 2 aromatic rings. The first-order valence-electron chi connectivity index (χ1n) is 8.34. The largest absolute Gasteiger partial charge is 0.368 e. The highest BCUT2D eigenvalue weighted by molar-refractivity contribution is 5.92. The molecule has 2 heterocycles. The SMILES string of the molecule is Cc1c(F)c(F)c(F)c(C=CC(=O)N2CCN(c3ccncc3)CC2)c1F. The van der Waals surface area contributed by atoms with E-state index in [1.54, 1.807) is 12.4 Å². The van der Waals surface area contributed by atoms with Gasteiger partial charge in [-0.15, -0.1) is 0 Å². The number of hydrogen-bond acceptors (Lipinski definition) is 3. The van der Waals surface area contributed by atoms with E-state index in [1.807, 2.05) is 12.1 Å². The van der Waals surface area contributed by atoms with Crippen LogP contribution in [-0.4, -0.2) is 42.0 Å². The van der Waals surface area contributed by atoms with Crippen molar-refractivity contribution in [3.63, 3.8) is 0 Å². The first-order chi connectivity index (χ1) is 12.9. The second-order valence-electron chi connectivity index (χ2n) is 6.15. The number of nitrogens with zero attached hydrogens (tertiary/aromatic N) is 3. The van der Waals surface area contributed by atoms with E-state index in [9.17, 15) is 22.4 Å². The van der Waals surface area contributed by atoms with Crippen LogP contribution in [0.3, 0.4) is 0 Å². The zero-order chi connectivity index (χ0) is 19.6. The fourth-order valence-electron chi connectivity index (χ4n) is 2.92. The Morgan fingerprint density at radius 3 is 2.22 bits per heavy atom. The lowest BCUT2D eigenvalue weighted by Gasteiger charge is -2.35. The van der Waals surface area contributed by atoms with Crippen LogP contribution in [0.2, 0.25) is 0 Å². The number of amides is 1. The van der Waals surface area contributed by atoms with E-state index in [1.165, 1.54) is 4.90 Å². The average molecular weight is 379 g/mol. The molecule has 0 bridgehead atoms. The van der Waals surface area contributed by atoms with Gasteiger partial charge in [0.15, 0.2) is 17.5 Å². The highest BCUT2D eigenvalue weighted by atomic mass is 19.2. The van der Waals surface area contributed by atoms with Gasteiger partial charge in [-0.25, -0.2) is 17.6 Å². The lowest BCUT2D eigenvalue weighted by molar-refractivity contribution is -0.126. The zero-order valence-corrected chi connectivity index (χ0v) is 14.6. The third-order valence-corrected chi connectivity index (χ3v) is 4.53. The Morgan fingerprint density at radius 2 is 1.59 bits per heavy atom. The van der Waals surface area contributed by atoms with Crippen LogP contribution in [0.5, 0.6) is 0 Å². The Morgan fingerprint density at radius 1 is 0.963 bits per heavy atom. The van der Waals surface area contributed by atoms with E-state index in [2.05, 4.69) is 9.88 Å². The van der Waals surface area contributed by atoms with Crippen LogP contribution in [0, 0.1) is 30.2 Å². The minimum Gasteiger partial charge on any atom is -0.368 e. The predicted octanol–water partition coefficient (Wildman–Crippen LogP) is 3.31. The highest BCUT2D eigenvalue weighted by Crippen LogP contribution is 2.24. The van der Waals surface area contributed by atoms with Gasteiger partial charge >= 0.3 is 0 Å². The molecule has 0 atom stereocenters. The summed E-state index contributed by atoms with van der Waals surface area (Å²) in [6, 6.07) is 3.74. The molecule has 3 rings (SSSR count). The molecular formula is C19H17F4N3O. The summed E-state index contributed by atoms with van der Waals surface area (Å²) in [5, 5.41) is 0. The average Bonchev–Trinajstić information content (AvgIpc) is 2.71. The summed E-state index contributed by atoms with van der Waals surface area (Å²) >= 11 is 0. The van der Waals surface area contributed by atoms with E-state index < -0.39 is 40.3 Å². The molecule has 1 aromatic heterocycles. The first-order valence-corrected chi connectivity index (χ1v) is 8.34. The number of halogens is 4. The fraction of sp³-hybridized carbons (Fsp3) is 0.263. The van der Waals surface area contributed by atoms with Crippen molar-refractivity contribution in [2.24, 2.45) is 0 Å². The molecule has 1 aliphatic rings. The molecule has 0 aliphatic carbocycles. The van der Waals surface area contributed by atoms with Crippen molar-refractivity contribution in [3.05, 3.63) is 65.0 Å². The second kappa shape index (κ2) is 7.77. The van der Waals surface area contributed by atoms with Gasteiger partial charge in [0.1, 0.15) is 5.82 Å². The van der Waals surface area contributed by atoms with E-state index in [4.69, 9.17) is 0 Å². The van der Waals surface area contributed by atoms with Gasteiger partial charge in [0.05, 0.1) is 0 Å². The molecule has 27 heavy (non-hydrogen) atoms. The molecule has 142 valence electrons. The number of aromatic nitrogens is 1. The van der Waals surface area contributed by atoms with Crippen LogP contribution in [-0.2, 0) is 4.79 Å². The van der Waals surface area contributed by atoms with Gasteiger partial charge in [-0.1, -0.05) is 0 Å². The van der Waals surface area contributed by atoms with Crippen molar-refractivity contribution in [2.75, 3.05) is 31.1 Å². The maximum Gasteiger partial charge on any atom is 0.246 e. The summed E-state index contributed by atoms with van der Waals surface area (Å²) < 4.78 is 54.6. The topological polar surface area (TPSA) is 36.4 Å². The normalized spacial score (nSPS) is 14.9. The Hall–Kier alpha value is -2.90. The lowest BCUT2D eigenvalue weighted by Crippen LogP contribution is -2.48. The number of carbonyl (C=O) groups is 1. The van der Waals surface area contributed by atoms with Crippen molar-refractivity contribution >= 4 is 17.7 Å². The molecule has 0 N–H and O–H groups in total. The van der Waals surface area contributed by atoms with Crippen LogP contribution in [0.25, 0.3) is 6.08 Å². The van der Waals surface area contributed by atoms with Gasteiger partial charge in [0, 0.05) is 61.5 Å². The number of piperazine rings is 1. The Labute approximate surface area is 153 Å². The highest BCUT2D eigenvalue weighted by Gasteiger charge is 2.23. The lowest BCUT2D eigenvalue weighted by atomic mass is 10.1. The molecule has 0 spiro atoms. The van der Waals surface area contributed by atoms with Gasteiger partial charge in [-0.3, -0.25) is 9.78 Å². The standard InChI is InChI=1S/C19H17F4N3O/c1-12-16(20)14(18(22)19(23)17(12)21)2-3-15(27)26-10-8-25(9-11-26)13-4-6-24-7-5-13/h2-7H,8-11H2,1H3. The van der Waals surface area contributed by atoms with Crippen molar-refractivity contribution < 1.29 is 22.4 Å². The molecule has 8 heteroatoms. The minimum absolute atomic E-state index is 0.424. The number of anilines is 1. The van der Waals surface area contributed by atoms with Crippen LogP contribution in [0.1, 0.15) is 11.1 Å². The third-order valence-electron chi connectivity index (χ3n) is 4.53. The predicted molar refractivity (Wildman–Crippen MR) is 93.1 cm³/mol. The number of carbonyl (C=O) groups excluding carboxylic acids is 1. The Balaban J connectivity index is 1.69. The smallest absolute Gasteiger partial charge is 0.246 e. The summed E-state index contributed by atoms with van der Waals surface area (Å²) in [5.74, 6) is -6.65. The fourth-order valence-corrected chi connectivity index (χ4v) is 2.92. The van der Waals surface area contributed by atoms with Crippen LogP contribution in [0.4, 0.5) is 23.2 Å². The summed E-state index contributed by atoms with van der Waals surface area (Å²) in [4.78, 5) is 19.8. The van der Waals surface area contributed by atoms with Crippen LogP contribution in [0.15, 0.2) is 30.6 Å². The number of rotatable bonds is 3. The summed E-state index contributed by atoms with van der Waals surface area (Å²) in [5.41, 5.74) is -0.406. The molecule has 0 unspecified atom stereocenters. The molecule has 0 radical (unpaired) electrons. The third kappa shape index (κ3) is 3.79. The molecule has 1 amide bonds. The molecule has 4 nitrogen and oxygen atoms in total. The van der Waals surface area contributed by atoms with Crippen molar-refractivity contribution in [3.8, 4) is 0 Å². The van der Waals surface area contributed by atoms with Crippen molar-refractivity contribution in [2.45, 2.75) is 6.92 Å². The summed E-state index contributed by atoms with van der Waals surface area (Å²) in [7, 11) is 0.